The van der Waals surface area contributed by atoms with Gasteiger partial charge in [0.1, 0.15) is 0 Å². The van der Waals surface area contributed by atoms with Crippen molar-refractivity contribution in [2.75, 3.05) is 16.8 Å². The molecule has 1 atom stereocenters. The predicted octanol–water partition coefficient (Wildman–Crippen LogP) is 4.83. The maximum absolute atomic E-state index is 11.8. The predicted molar refractivity (Wildman–Crippen MR) is 90.9 cm³/mol. The third kappa shape index (κ3) is 5.81. The average molecular weight is 335 g/mol. The van der Waals surface area contributed by atoms with Gasteiger partial charge in [-0.05, 0) is 30.7 Å². The van der Waals surface area contributed by atoms with E-state index in [9.17, 15) is 4.79 Å². The number of nitrogen functional groups attached to an aromatic ring is 1. The Hall–Kier alpha value is -0.580. The molecule has 0 aromatic heterocycles. The Morgan fingerprint density at radius 3 is 2.55 bits per heavy atom. The number of carbonyl (C=O) groups excluding carboxylic acids is 1. The number of nitrogens with two attached hydrogens (primary N) is 1. The van der Waals surface area contributed by atoms with Gasteiger partial charge in [-0.15, -0.1) is 0 Å². The Labute approximate surface area is 134 Å². The lowest BCUT2D eigenvalue weighted by Gasteiger charge is -2.11. The summed E-state index contributed by atoms with van der Waals surface area (Å²) < 4.78 is 0. The largest absolute Gasteiger partial charge is 0.399 e. The summed E-state index contributed by atoms with van der Waals surface area (Å²) in [5.74, 6) is 0.898. The quantitative estimate of drug-likeness (QED) is 0.554. The van der Waals surface area contributed by atoms with E-state index in [2.05, 4.69) is 19.2 Å². The fourth-order valence-corrected chi connectivity index (χ4v) is 3.10. The van der Waals surface area contributed by atoms with Crippen LogP contribution in [0.4, 0.5) is 11.4 Å². The van der Waals surface area contributed by atoms with Crippen molar-refractivity contribution >= 4 is 52.2 Å². The van der Waals surface area contributed by atoms with Crippen LogP contribution in [0, 0.1) is 0 Å². The molecule has 0 fully saturated rings. The second-order valence-corrected chi connectivity index (χ2v) is 6.96. The van der Waals surface area contributed by atoms with Crippen molar-refractivity contribution in [3.8, 4) is 0 Å². The SMILES string of the molecule is CCC(C)SCCCC(=O)Nc1c(Cl)cc(N)cc1Cl. The molecule has 0 spiro atoms. The van der Waals surface area contributed by atoms with Gasteiger partial charge in [-0.3, -0.25) is 4.79 Å². The highest BCUT2D eigenvalue weighted by atomic mass is 35.5. The van der Waals surface area contributed by atoms with Crippen LogP contribution in [0.1, 0.15) is 33.1 Å². The maximum atomic E-state index is 11.8. The summed E-state index contributed by atoms with van der Waals surface area (Å²) in [5, 5.41) is 4.10. The van der Waals surface area contributed by atoms with Gasteiger partial charge in [0.2, 0.25) is 5.91 Å². The van der Waals surface area contributed by atoms with Crippen molar-refractivity contribution in [3.05, 3.63) is 22.2 Å². The van der Waals surface area contributed by atoms with Crippen molar-refractivity contribution < 1.29 is 4.79 Å². The van der Waals surface area contributed by atoms with Gasteiger partial charge in [-0.1, -0.05) is 37.0 Å². The number of rotatable bonds is 7. The zero-order valence-corrected chi connectivity index (χ0v) is 14.0. The third-order valence-corrected chi connectivity index (χ3v) is 4.88. The van der Waals surface area contributed by atoms with E-state index < -0.39 is 0 Å². The minimum atomic E-state index is -0.0803. The summed E-state index contributed by atoms with van der Waals surface area (Å²) in [7, 11) is 0. The molecule has 1 unspecified atom stereocenters. The molecule has 0 aliphatic carbocycles. The first kappa shape index (κ1) is 17.5. The van der Waals surface area contributed by atoms with E-state index in [-0.39, 0.29) is 5.91 Å². The highest BCUT2D eigenvalue weighted by molar-refractivity contribution is 7.99. The summed E-state index contributed by atoms with van der Waals surface area (Å²) in [6.07, 6.45) is 2.44. The number of carbonyl (C=O) groups is 1. The number of benzene rings is 1. The van der Waals surface area contributed by atoms with E-state index in [1.165, 1.54) is 0 Å². The first-order valence-electron chi connectivity index (χ1n) is 6.60. The smallest absolute Gasteiger partial charge is 0.224 e. The second kappa shape index (κ2) is 8.65. The molecule has 0 heterocycles. The van der Waals surface area contributed by atoms with E-state index in [1.54, 1.807) is 12.1 Å². The lowest BCUT2D eigenvalue weighted by molar-refractivity contribution is -0.116. The molecule has 112 valence electrons. The van der Waals surface area contributed by atoms with Crippen molar-refractivity contribution in [2.24, 2.45) is 0 Å². The van der Waals surface area contributed by atoms with Crippen LogP contribution in [0.15, 0.2) is 12.1 Å². The molecule has 0 bridgehead atoms. The van der Waals surface area contributed by atoms with Gasteiger partial charge in [0.15, 0.2) is 0 Å². The monoisotopic (exact) mass is 334 g/mol. The molecule has 3 nitrogen and oxygen atoms in total. The average Bonchev–Trinajstić information content (AvgIpc) is 2.38. The van der Waals surface area contributed by atoms with Crippen LogP contribution in [-0.2, 0) is 4.79 Å². The van der Waals surface area contributed by atoms with Gasteiger partial charge in [-0.2, -0.15) is 11.8 Å². The molecule has 0 aliphatic heterocycles. The molecule has 0 aliphatic rings. The Morgan fingerprint density at radius 2 is 2.00 bits per heavy atom. The zero-order valence-electron chi connectivity index (χ0n) is 11.7. The normalized spacial score (nSPS) is 12.2. The first-order chi connectivity index (χ1) is 9.43. The van der Waals surface area contributed by atoms with Crippen molar-refractivity contribution in [1.29, 1.82) is 0 Å². The van der Waals surface area contributed by atoms with Crippen molar-refractivity contribution in [2.45, 2.75) is 38.4 Å². The van der Waals surface area contributed by atoms with Crippen LogP contribution in [-0.4, -0.2) is 16.9 Å². The van der Waals surface area contributed by atoms with Crippen molar-refractivity contribution in [3.63, 3.8) is 0 Å². The fraction of sp³-hybridized carbons (Fsp3) is 0.500. The summed E-state index contributed by atoms with van der Waals surface area (Å²) in [6.45, 7) is 4.36. The van der Waals surface area contributed by atoms with Gasteiger partial charge in [0.05, 0.1) is 15.7 Å². The molecule has 3 N–H and O–H groups in total. The highest BCUT2D eigenvalue weighted by Crippen LogP contribution is 2.32. The van der Waals surface area contributed by atoms with Crippen LogP contribution in [0.3, 0.4) is 0 Å². The van der Waals surface area contributed by atoms with Crippen LogP contribution in [0.25, 0.3) is 0 Å². The molecule has 1 aromatic carbocycles. The molecule has 1 amide bonds. The minimum absolute atomic E-state index is 0.0803. The maximum Gasteiger partial charge on any atom is 0.224 e. The molecular formula is C14H20Cl2N2OS. The van der Waals surface area contributed by atoms with Crippen LogP contribution in [0.5, 0.6) is 0 Å². The molecule has 20 heavy (non-hydrogen) atoms. The number of hydrogen-bond donors (Lipinski definition) is 2. The Kier molecular flexibility index (Phi) is 7.56. The number of halogens is 2. The van der Waals surface area contributed by atoms with Crippen LogP contribution >= 0.6 is 35.0 Å². The van der Waals surface area contributed by atoms with Gasteiger partial charge >= 0.3 is 0 Å². The highest BCUT2D eigenvalue weighted by Gasteiger charge is 2.11. The first-order valence-corrected chi connectivity index (χ1v) is 8.40. The zero-order chi connectivity index (χ0) is 15.1. The number of nitrogens with one attached hydrogen (secondary N) is 1. The number of hydrogen-bond acceptors (Lipinski definition) is 3. The lowest BCUT2D eigenvalue weighted by atomic mass is 10.2. The van der Waals surface area contributed by atoms with Gasteiger partial charge < -0.3 is 11.1 Å². The Morgan fingerprint density at radius 1 is 1.40 bits per heavy atom. The summed E-state index contributed by atoms with van der Waals surface area (Å²) in [4.78, 5) is 11.8. The molecule has 1 aromatic rings. The number of anilines is 2. The van der Waals surface area contributed by atoms with E-state index in [4.69, 9.17) is 28.9 Å². The standard InChI is InChI=1S/C14H20Cl2N2OS/c1-3-9(2)20-6-4-5-13(19)18-14-11(15)7-10(17)8-12(14)16/h7-9H,3-6,17H2,1-2H3,(H,18,19). The molecule has 0 saturated carbocycles. The number of amides is 1. The van der Waals surface area contributed by atoms with E-state index in [0.29, 0.717) is 33.1 Å². The fourth-order valence-electron chi connectivity index (χ4n) is 1.55. The van der Waals surface area contributed by atoms with E-state index >= 15 is 0 Å². The molecule has 0 saturated heterocycles. The van der Waals surface area contributed by atoms with E-state index in [0.717, 1.165) is 18.6 Å². The van der Waals surface area contributed by atoms with Crippen molar-refractivity contribution in [1.82, 2.24) is 0 Å². The van der Waals surface area contributed by atoms with Crippen LogP contribution in [0.2, 0.25) is 10.0 Å². The van der Waals surface area contributed by atoms with Gasteiger partial charge in [0, 0.05) is 17.4 Å². The summed E-state index contributed by atoms with van der Waals surface area (Å²) >= 11 is 13.9. The molecule has 0 radical (unpaired) electrons. The van der Waals surface area contributed by atoms with E-state index in [1.807, 2.05) is 11.8 Å². The molecular weight excluding hydrogens is 315 g/mol. The number of thioether (sulfide) groups is 1. The summed E-state index contributed by atoms with van der Waals surface area (Å²) in [6, 6.07) is 3.14. The van der Waals surface area contributed by atoms with Crippen LogP contribution < -0.4 is 11.1 Å². The van der Waals surface area contributed by atoms with Gasteiger partial charge in [0.25, 0.3) is 0 Å². The van der Waals surface area contributed by atoms with Gasteiger partial charge in [-0.25, -0.2) is 0 Å². The summed E-state index contributed by atoms with van der Waals surface area (Å²) in [5.41, 5.74) is 6.52. The Balaban J connectivity index is 2.43. The third-order valence-electron chi connectivity index (χ3n) is 2.85. The minimum Gasteiger partial charge on any atom is -0.399 e. The molecule has 6 heteroatoms. The topological polar surface area (TPSA) is 55.1 Å². The Bertz CT molecular complexity index is 445. The second-order valence-electron chi connectivity index (χ2n) is 4.60. The molecule has 1 rings (SSSR count). The lowest BCUT2D eigenvalue weighted by Crippen LogP contribution is -2.12.